The minimum absolute atomic E-state index is 0.802. The Hall–Kier alpha value is -5.54. The molecular weight excluding hydrogens is 464 g/mol. The van der Waals surface area contributed by atoms with E-state index in [0.717, 1.165) is 17.2 Å². The number of nitrogens with one attached hydrogen (secondary N) is 8. The van der Waals surface area contributed by atoms with Crippen LogP contribution in [-0.2, 0) is 0 Å². The van der Waals surface area contributed by atoms with Gasteiger partial charge in [0.2, 0.25) is 0 Å². The van der Waals surface area contributed by atoms with Crippen LogP contribution in [0, 0.1) is 6.92 Å². The Labute approximate surface area is 192 Å². The number of rotatable bonds is 1. The summed E-state index contributed by atoms with van der Waals surface area (Å²) < 4.78 is 0. The first kappa shape index (κ1) is 25.7. The summed E-state index contributed by atoms with van der Waals surface area (Å²) in [6.45, 7) is 1.92. The molecule has 0 saturated heterocycles. The number of H-pyrrole nitrogens is 8. The SMILES string of the molecule is Cc1ncc[nH]1.O=c1[nH]c(=O)[nH]c(=O)[nH]1.O=c1[nH]c(=O)[nH]c(=O)[nH]1.c1ccc(-c2ncc[nH]2)cc1. The molecule has 0 bridgehead atoms. The predicted molar refractivity (Wildman–Crippen MR) is 124 cm³/mol. The molecule has 4 aromatic heterocycles. The fourth-order valence-electron chi connectivity index (χ4n) is 2.17. The van der Waals surface area contributed by atoms with Gasteiger partial charge in [-0.15, -0.1) is 0 Å². The molecule has 16 nitrogen and oxygen atoms in total. The summed E-state index contributed by atoms with van der Waals surface area (Å²) in [5.74, 6) is 1.89. The minimum Gasteiger partial charge on any atom is -0.349 e. The van der Waals surface area contributed by atoms with Crippen molar-refractivity contribution in [1.82, 2.24) is 49.8 Å². The Morgan fingerprint density at radius 2 is 0.943 bits per heavy atom. The van der Waals surface area contributed by atoms with Crippen LogP contribution < -0.4 is 34.1 Å². The van der Waals surface area contributed by atoms with E-state index in [-0.39, 0.29) is 0 Å². The monoisotopic (exact) mass is 484 g/mol. The van der Waals surface area contributed by atoms with E-state index >= 15 is 0 Å². The number of benzene rings is 1. The second-order valence-electron chi connectivity index (χ2n) is 6.20. The molecule has 4 heterocycles. The largest absolute Gasteiger partial charge is 0.349 e. The van der Waals surface area contributed by atoms with Gasteiger partial charge in [0.05, 0.1) is 0 Å². The highest BCUT2D eigenvalue weighted by atomic mass is 16.2. The lowest BCUT2D eigenvalue weighted by Gasteiger charge is -1.92. The second-order valence-corrected chi connectivity index (χ2v) is 6.20. The summed E-state index contributed by atoms with van der Waals surface area (Å²) in [6.07, 6.45) is 7.11. The highest BCUT2D eigenvalue weighted by molar-refractivity contribution is 5.53. The van der Waals surface area contributed by atoms with Gasteiger partial charge < -0.3 is 9.97 Å². The minimum atomic E-state index is -0.802. The fourth-order valence-corrected chi connectivity index (χ4v) is 2.17. The number of nitrogens with zero attached hydrogens (tertiary/aromatic N) is 2. The molecule has 16 heteroatoms. The standard InChI is InChI=1S/C9H8N2.C4H6N2.2C3H3N3O3/c1-2-4-8(5-3-1)9-10-6-7-11-9;1-4-5-2-3-6-4;2*7-1-4-2(8)6-3(9)5-1/h1-7H,(H,10,11);2-3H,1H3,(H,5,6);2*(H3,4,5,6,7,8,9). The Kier molecular flexibility index (Phi) is 9.63. The highest BCUT2D eigenvalue weighted by Crippen LogP contribution is 2.11. The van der Waals surface area contributed by atoms with Gasteiger partial charge in [-0.3, -0.25) is 29.9 Å². The average molecular weight is 484 g/mol. The molecule has 35 heavy (non-hydrogen) atoms. The van der Waals surface area contributed by atoms with Gasteiger partial charge in [0.1, 0.15) is 11.6 Å². The lowest BCUT2D eigenvalue weighted by Crippen LogP contribution is -2.34. The van der Waals surface area contributed by atoms with Gasteiger partial charge in [-0.2, -0.15) is 0 Å². The predicted octanol–water partition coefficient (Wildman–Crippen LogP) is -1.70. The number of hydrogen-bond donors (Lipinski definition) is 8. The lowest BCUT2D eigenvalue weighted by atomic mass is 10.2. The summed E-state index contributed by atoms with van der Waals surface area (Å²) >= 11 is 0. The number of imidazole rings is 2. The Morgan fingerprint density at radius 3 is 1.23 bits per heavy atom. The Balaban J connectivity index is 0.000000168. The molecule has 0 spiro atoms. The number of aryl methyl sites for hydroxylation is 1. The molecule has 0 radical (unpaired) electrons. The Bertz CT molecular complexity index is 1390. The number of aromatic nitrogens is 10. The Morgan fingerprint density at radius 1 is 0.543 bits per heavy atom. The smallest absolute Gasteiger partial charge is 0.330 e. The fraction of sp³-hybridized carbons (Fsp3) is 0.0526. The van der Waals surface area contributed by atoms with Gasteiger partial charge in [0, 0.05) is 30.4 Å². The van der Waals surface area contributed by atoms with Crippen molar-refractivity contribution >= 4 is 0 Å². The molecule has 5 rings (SSSR count). The second kappa shape index (κ2) is 13.1. The van der Waals surface area contributed by atoms with Gasteiger partial charge in [-0.1, -0.05) is 30.3 Å². The van der Waals surface area contributed by atoms with Crippen molar-refractivity contribution in [1.29, 1.82) is 0 Å². The van der Waals surface area contributed by atoms with Crippen LogP contribution in [0.2, 0.25) is 0 Å². The quantitative estimate of drug-likeness (QED) is 0.136. The molecular formula is C19H20N10O6. The van der Waals surface area contributed by atoms with Crippen LogP contribution in [0.1, 0.15) is 5.82 Å². The van der Waals surface area contributed by atoms with Crippen LogP contribution in [0.15, 0.2) is 83.9 Å². The topological polar surface area (TPSA) is 255 Å². The van der Waals surface area contributed by atoms with Gasteiger partial charge in [-0.25, -0.2) is 38.7 Å². The van der Waals surface area contributed by atoms with Crippen LogP contribution in [0.5, 0.6) is 0 Å². The zero-order valence-corrected chi connectivity index (χ0v) is 18.0. The highest BCUT2D eigenvalue weighted by Gasteiger charge is 1.95. The van der Waals surface area contributed by atoms with Crippen LogP contribution in [0.4, 0.5) is 0 Å². The first-order valence-electron chi connectivity index (χ1n) is 9.59. The summed E-state index contributed by atoms with van der Waals surface area (Å²) in [4.78, 5) is 85.7. The van der Waals surface area contributed by atoms with Crippen molar-refractivity contribution in [3.05, 3.63) is 124 Å². The maximum atomic E-state index is 10.2. The normalized spacial score (nSPS) is 9.40. The molecule has 182 valence electrons. The van der Waals surface area contributed by atoms with Crippen molar-refractivity contribution in [3.63, 3.8) is 0 Å². The maximum Gasteiger partial charge on any atom is 0.330 e. The van der Waals surface area contributed by atoms with Crippen molar-refractivity contribution in [2.24, 2.45) is 0 Å². The van der Waals surface area contributed by atoms with E-state index in [2.05, 4.69) is 19.9 Å². The molecule has 0 amide bonds. The van der Waals surface area contributed by atoms with Crippen molar-refractivity contribution in [3.8, 4) is 11.4 Å². The zero-order chi connectivity index (χ0) is 25.6. The summed E-state index contributed by atoms with van der Waals surface area (Å²) in [5, 5.41) is 0. The van der Waals surface area contributed by atoms with Crippen molar-refractivity contribution < 1.29 is 0 Å². The van der Waals surface area contributed by atoms with Crippen molar-refractivity contribution in [2.45, 2.75) is 6.92 Å². The third kappa shape index (κ3) is 10.1. The van der Waals surface area contributed by atoms with E-state index < -0.39 is 34.1 Å². The van der Waals surface area contributed by atoms with Crippen LogP contribution in [0.3, 0.4) is 0 Å². The zero-order valence-electron chi connectivity index (χ0n) is 18.0. The third-order valence-electron chi connectivity index (χ3n) is 3.54. The van der Waals surface area contributed by atoms with E-state index in [1.54, 1.807) is 48.5 Å². The molecule has 0 saturated carbocycles. The molecule has 0 aliphatic carbocycles. The molecule has 0 atom stereocenters. The number of aromatic amines is 8. The van der Waals surface area contributed by atoms with E-state index in [1.807, 2.05) is 43.5 Å². The summed E-state index contributed by atoms with van der Waals surface area (Å²) in [6, 6.07) is 10.0. The molecule has 0 fully saturated rings. The van der Waals surface area contributed by atoms with Gasteiger partial charge in [0.15, 0.2) is 0 Å². The molecule has 1 aromatic carbocycles. The van der Waals surface area contributed by atoms with Crippen molar-refractivity contribution in [2.75, 3.05) is 0 Å². The van der Waals surface area contributed by atoms with Crippen LogP contribution in [-0.4, -0.2) is 49.8 Å². The molecule has 5 aromatic rings. The molecule has 0 unspecified atom stereocenters. The van der Waals surface area contributed by atoms with Crippen LogP contribution in [0.25, 0.3) is 11.4 Å². The first-order chi connectivity index (χ1) is 16.7. The third-order valence-corrected chi connectivity index (χ3v) is 3.54. The maximum absolute atomic E-state index is 10.2. The van der Waals surface area contributed by atoms with Gasteiger partial charge in [-0.05, 0) is 6.92 Å². The van der Waals surface area contributed by atoms with Gasteiger partial charge >= 0.3 is 34.1 Å². The molecule has 0 aliphatic rings. The lowest BCUT2D eigenvalue weighted by molar-refractivity contribution is 0.887. The van der Waals surface area contributed by atoms with E-state index in [9.17, 15) is 28.8 Å². The molecule has 8 N–H and O–H groups in total. The van der Waals surface area contributed by atoms with Gasteiger partial charge in [0.25, 0.3) is 0 Å². The number of hydrogen-bond acceptors (Lipinski definition) is 8. The van der Waals surface area contributed by atoms with Crippen LogP contribution >= 0.6 is 0 Å². The first-order valence-corrected chi connectivity index (χ1v) is 9.59. The average Bonchev–Trinajstić information content (AvgIpc) is 3.48. The summed E-state index contributed by atoms with van der Waals surface area (Å²) in [7, 11) is 0. The van der Waals surface area contributed by atoms with E-state index in [4.69, 9.17) is 0 Å². The molecule has 0 aliphatic heterocycles. The summed E-state index contributed by atoms with van der Waals surface area (Å²) in [5.41, 5.74) is -3.69. The van der Waals surface area contributed by atoms with E-state index in [0.29, 0.717) is 0 Å². The van der Waals surface area contributed by atoms with E-state index in [1.165, 1.54) is 0 Å².